The summed E-state index contributed by atoms with van der Waals surface area (Å²) in [5, 5.41) is 0. The van der Waals surface area contributed by atoms with E-state index < -0.39 is 0 Å². The molecule has 2 heterocycles. The van der Waals surface area contributed by atoms with Crippen molar-refractivity contribution in [2.24, 2.45) is 0 Å². The van der Waals surface area contributed by atoms with Crippen molar-refractivity contribution < 1.29 is 14.3 Å². The van der Waals surface area contributed by atoms with E-state index in [1.165, 1.54) is 5.75 Å². The fraction of sp³-hybridized carbons (Fsp3) is 0.562. The minimum atomic E-state index is 0.0115. The van der Waals surface area contributed by atoms with Gasteiger partial charge in [-0.05, 0) is 30.7 Å². The average Bonchev–Trinajstić information content (AvgIpc) is 2.89. The van der Waals surface area contributed by atoms with E-state index in [1.54, 1.807) is 0 Å². The van der Waals surface area contributed by atoms with E-state index >= 15 is 0 Å². The zero-order chi connectivity index (χ0) is 14.0. The number of aryl methyl sites for hydroxylation is 1. The van der Waals surface area contributed by atoms with Crippen LogP contribution in [0.5, 0.6) is 5.75 Å². The Balaban J connectivity index is 1.76. The first-order valence-corrected chi connectivity index (χ1v) is 8.31. The van der Waals surface area contributed by atoms with E-state index in [1.807, 2.05) is 36.9 Å². The summed E-state index contributed by atoms with van der Waals surface area (Å²) in [6.45, 7) is 2.75. The molecule has 4 heteroatoms. The molecule has 0 aliphatic carbocycles. The van der Waals surface area contributed by atoms with E-state index in [2.05, 4.69) is 0 Å². The third-order valence-electron chi connectivity index (χ3n) is 4.17. The number of thioether (sulfide) groups is 1. The number of ether oxygens (including phenoxy) is 2. The maximum atomic E-state index is 11.2. The molecule has 1 aromatic carbocycles. The lowest BCUT2D eigenvalue weighted by molar-refractivity contribution is -0.0960. The molecule has 0 radical (unpaired) electrons. The summed E-state index contributed by atoms with van der Waals surface area (Å²) in [6.07, 6.45) is 3.99. The van der Waals surface area contributed by atoms with Gasteiger partial charge in [-0.25, -0.2) is 0 Å². The zero-order valence-electron chi connectivity index (χ0n) is 11.8. The Morgan fingerprint density at radius 3 is 3.15 bits per heavy atom. The molecule has 20 heavy (non-hydrogen) atoms. The van der Waals surface area contributed by atoms with Crippen LogP contribution in [0.15, 0.2) is 18.2 Å². The lowest BCUT2D eigenvalue weighted by Gasteiger charge is -2.38. The summed E-state index contributed by atoms with van der Waals surface area (Å²) < 4.78 is 12.2. The molecule has 2 unspecified atom stereocenters. The van der Waals surface area contributed by atoms with Crippen LogP contribution in [0.2, 0.25) is 0 Å². The van der Waals surface area contributed by atoms with Crippen LogP contribution in [0.1, 0.15) is 35.2 Å². The summed E-state index contributed by atoms with van der Waals surface area (Å²) in [7, 11) is 0. The molecular weight excluding hydrogens is 272 g/mol. The fourth-order valence-electron chi connectivity index (χ4n) is 3.04. The molecule has 3 rings (SSSR count). The van der Waals surface area contributed by atoms with Gasteiger partial charge in [0.15, 0.2) is 6.29 Å². The first-order chi connectivity index (χ1) is 9.72. The number of aldehydes is 1. The van der Waals surface area contributed by atoms with Gasteiger partial charge in [0.1, 0.15) is 11.9 Å². The highest BCUT2D eigenvalue weighted by atomic mass is 32.2. The van der Waals surface area contributed by atoms with Crippen LogP contribution in [0.25, 0.3) is 0 Å². The molecule has 1 aromatic rings. The number of hydrogen-bond acceptors (Lipinski definition) is 4. The summed E-state index contributed by atoms with van der Waals surface area (Å²) in [6, 6.07) is 5.70. The van der Waals surface area contributed by atoms with Crippen LogP contribution in [-0.2, 0) is 4.74 Å². The van der Waals surface area contributed by atoms with Crippen LogP contribution in [-0.4, -0.2) is 36.1 Å². The molecule has 2 aliphatic heterocycles. The predicted molar refractivity (Wildman–Crippen MR) is 80.8 cm³/mol. The maximum absolute atomic E-state index is 11.2. The molecule has 2 aliphatic rings. The van der Waals surface area contributed by atoms with Gasteiger partial charge in [-0.3, -0.25) is 4.79 Å². The molecule has 2 saturated heterocycles. The Kier molecular flexibility index (Phi) is 4.03. The number of rotatable bonds is 3. The van der Waals surface area contributed by atoms with Gasteiger partial charge in [-0.1, -0.05) is 12.1 Å². The fourth-order valence-corrected chi connectivity index (χ4v) is 4.42. The van der Waals surface area contributed by atoms with Gasteiger partial charge in [0.05, 0.1) is 17.8 Å². The Labute approximate surface area is 124 Å². The lowest BCUT2D eigenvalue weighted by Crippen LogP contribution is -2.44. The molecule has 0 amide bonds. The van der Waals surface area contributed by atoms with Crippen molar-refractivity contribution in [2.75, 3.05) is 18.1 Å². The van der Waals surface area contributed by atoms with Gasteiger partial charge in [0.2, 0.25) is 0 Å². The van der Waals surface area contributed by atoms with Gasteiger partial charge in [0.25, 0.3) is 0 Å². The van der Waals surface area contributed by atoms with Crippen LogP contribution in [0.3, 0.4) is 0 Å². The van der Waals surface area contributed by atoms with Crippen LogP contribution >= 0.6 is 11.8 Å². The molecule has 2 fully saturated rings. The lowest BCUT2D eigenvalue weighted by atomic mass is 9.91. The van der Waals surface area contributed by atoms with Crippen molar-refractivity contribution in [3.63, 3.8) is 0 Å². The largest absolute Gasteiger partial charge is 0.489 e. The number of hydrogen-bond donors (Lipinski definition) is 0. The molecule has 2 atom stereocenters. The number of carbonyl (C=O) groups excluding carboxylic acids is 1. The number of carbonyl (C=O) groups is 1. The normalized spacial score (nSPS) is 29.6. The Morgan fingerprint density at radius 1 is 1.50 bits per heavy atom. The second-order valence-corrected chi connectivity index (χ2v) is 6.78. The van der Waals surface area contributed by atoms with Crippen LogP contribution in [0.4, 0.5) is 0 Å². The second kappa shape index (κ2) is 5.78. The van der Waals surface area contributed by atoms with Gasteiger partial charge in [-0.2, -0.15) is 11.8 Å². The topological polar surface area (TPSA) is 35.5 Å². The third kappa shape index (κ3) is 2.72. The van der Waals surface area contributed by atoms with Crippen molar-refractivity contribution >= 4 is 18.0 Å². The number of benzene rings is 1. The Hall–Kier alpha value is -1.000. The maximum Gasteiger partial charge on any atom is 0.153 e. The number of para-hydroxylation sites is 1. The average molecular weight is 292 g/mol. The van der Waals surface area contributed by atoms with Gasteiger partial charge in [0, 0.05) is 18.6 Å². The molecule has 0 saturated carbocycles. The first kappa shape index (κ1) is 14.0. The van der Waals surface area contributed by atoms with Crippen molar-refractivity contribution in [3.8, 4) is 5.75 Å². The summed E-state index contributed by atoms with van der Waals surface area (Å²) in [4.78, 5) is 11.2. The van der Waals surface area contributed by atoms with E-state index in [9.17, 15) is 4.79 Å². The van der Waals surface area contributed by atoms with E-state index in [-0.39, 0.29) is 11.7 Å². The second-order valence-electron chi connectivity index (χ2n) is 5.68. The van der Waals surface area contributed by atoms with E-state index in [0.29, 0.717) is 5.56 Å². The van der Waals surface area contributed by atoms with Crippen molar-refractivity contribution in [1.29, 1.82) is 0 Å². The summed E-state index contributed by atoms with van der Waals surface area (Å²) >= 11 is 1.96. The monoisotopic (exact) mass is 292 g/mol. The highest BCUT2D eigenvalue weighted by Crippen LogP contribution is 2.39. The third-order valence-corrected chi connectivity index (χ3v) is 5.39. The van der Waals surface area contributed by atoms with E-state index in [4.69, 9.17) is 9.47 Å². The van der Waals surface area contributed by atoms with Gasteiger partial charge in [-0.15, -0.1) is 0 Å². The molecule has 3 nitrogen and oxygen atoms in total. The van der Waals surface area contributed by atoms with Crippen LogP contribution < -0.4 is 4.74 Å². The highest BCUT2D eigenvalue weighted by molar-refractivity contribution is 7.99. The zero-order valence-corrected chi connectivity index (χ0v) is 12.6. The quantitative estimate of drug-likeness (QED) is 0.801. The predicted octanol–water partition coefficient (Wildman–Crippen LogP) is 3.24. The molecule has 0 aromatic heterocycles. The van der Waals surface area contributed by atoms with Gasteiger partial charge < -0.3 is 9.47 Å². The molecule has 0 bridgehead atoms. The van der Waals surface area contributed by atoms with Crippen molar-refractivity contribution in [3.05, 3.63) is 29.3 Å². The Morgan fingerprint density at radius 2 is 2.40 bits per heavy atom. The van der Waals surface area contributed by atoms with Crippen molar-refractivity contribution in [2.45, 2.75) is 37.9 Å². The summed E-state index contributed by atoms with van der Waals surface area (Å²) in [5.41, 5.74) is 1.68. The highest BCUT2D eigenvalue weighted by Gasteiger charge is 2.41. The molecule has 1 spiro atoms. The minimum Gasteiger partial charge on any atom is -0.489 e. The smallest absolute Gasteiger partial charge is 0.153 e. The first-order valence-electron chi connectivity index (χ1n) is 7.16. The SMILES string of the molecule is Cc1cccc(C=O)c1OC1CCOC2(CCSC2)C1. The molecular formula is C16H20O3S. The standard InChI is InChI=1S/C16H20O3S/c1-12-3-2-4-13(10-17)15(12)19-14-5-7-18-16(9-14)6-8-20-11-16/h2-4,10,14H,5-9,11H2,1H3. The van der Waals surface area contributed by atoms with Crippen molar-refractivity contribution in [1.82, 2.24) is 0 Å². The van der Waals surface area contributed by atoms with Gasteiger partial charge >= 0.3 is 0 Å². The van der Waals surface area contributed by atoms with Crippen LogP contribution in [0, 0.1) is 6.92 Å². The molecule has 108 valence electrons. The summed E-state index contributed by atoms with van der Waals surface area (Å²) in [5.74, 6) is 2.99. The van der Waals surface area contributed by atoms with E-state index in [0.717, 1.165) is 49.2 Å². The Bertz CT molecular complexity index is 494. The molecule has 0 N–H and O–H groups in total. The minimum absolute atomic E-state index is 0.0115.